The second-order valence-electron chi connectivity index (χ2n) is 3.88. The standard InChI is InChI=1S/C10H21NO2/c1-3-10(12)6-11-8(2)9-4-5-13-7-9/h8-12H,3-7H2,1-2H3. The van der Waals surface area contributed by atoms with Gasteiger partial charge in [0.15, 0.2) is 0 Å². The maximum Gasteiger partial charge on any atom is 0.0662 e. The van der Waals surface area contributed by atoms with Crippen molar-refractivity contribution in [1.82, 2.24) is 5.32 Å². The Morgan fingerprint density at radius 3 is 2.92 bits per heavy atom. The van der Waals surface area contributed by atoms with Crippen LogP contribution >= 0.6 is 0 Å². The van der Waals surface area contributed by atoms with E-state index in [2.05, 4.69) is 12.2 Å². The van der Waals surface area contributed by atoms with Crippen molar-refractivity contribution in [1.29, 1.82) is 0 Å². The zero-order valence-electron chi connectivity index (χ0n) is 8.62. The lowest BCUT2D eigenvalue weighted by atomic mass is 10.0. The van der Waals surface area contributed by atoms with E-state index in [4.69, 9.17) is 4.74 Å². The summed E-state index contributed by atoms with van der Waals surface area (Å²) < 4.78 is 5.31. The number of ether oxygens (including phenoxy) is 1. The van der Waals surface area contributed by atoms with Gasteiger partial charge in [-0.25, -0.2) is 0 Å². The Morgan fingerprint density at radius 2 is 2.38 bits per heavy atom. The van der Waals surface area contributed by atoms with E-state index in [9.17, 15) is 5.11 Å². The van der Waals surface area contributed by atoms with Crippen LogP contribution in [-0.4, -0.2) is 37.0 Å². The summed E-state index contributed by atoms with van der Waals surface area (Å²) in [6.45, 7) is 6.63. The van der Waals surface area contributed by atoms with Crippen LogP contribution in [-0.2, 0) is 4.74 Å². The molecule has 1 fully saturated rings. The molecule has 0 aromatic rings. The predicted molar refractivity (Wildman–Crippen MR) is 52.7 cm³/mol. The molecule has 78 valence electrons. The van der Waals surface area contributed by atoms with Gasteiger partial charge in [0, 0.05) is 19.2 Å². The molecule has 0 radical (unpaired) electrons. The summed E-state index contributed by atoms with van der Waals surface area (Å²) >= 11 is 0. The van der Waals surface area contributed by atoms with Crippen LogP contribution in [0.15, 0.2) is 0 Å². The van der Waals surface area contributed by atoms with Gasteiger partial charge < -0.3 is 15.2 Å². The highest BCUT2D eigenvalue weighted by molar-refractivity contribution is 4.76. The van der Waals surface area contributed by atoms with Crippen LogP contribution in [0.25, 0.3) is 0 Å². The summed E-state index contributed by atoms with van der Waals surface area (Å²) in [4.78, 5) is 0. The Morgan fingerprint density at radius 1 is 1.62 bits per heavy atom. The highest BCUT2D eigenvalue weighted by atomic mass is 16.5. The maximum atomic E-state index is 9.36. The molecule has 1 rings (SSSR count). The number of hydrogen-bond donors (Lipinski definition) is 2. The molecule has 0 aliphatic carbocycles. The van der Waals surface area contributed by atoms with Crippen molar-refractivity contribution in [3.8, 4) is 0 Å². The van der Waals surface area contributed by atoms with E-state index in [1.807, 2.05) is 6.92 Å². The van der Waals surface area contributed by atoms with Crippen LogP contribution in [0.3, 0.4) is 0 Å². The molecule has 3 unspecified atom stereocenters. The van der Waals surface area contributed by atoms with Crippen LogP contribution in [0.4, 0.5) is 0 Å². The number of rotatable bonds is 5. The van der Waals surface area contributed by atoms with Gasteiger partial charge in [-0.05, 0) is 25.7 Å². The Labute approximate surface area is 80.5 Å². The molecule has 1 aliphatic heterocycles. The Kier molecular flexibility index (Phi) is 4.70. The van der Waals surface area contributed by atoms with Crippen molar-refractivity contribution in [2.75, 3.05) is 19.8 Å². The molecule has 0 aromatic carbocycles. The summed E-state index contributed by atoms with van der Waals surface area (Å²) in [5, 5.41) is 12.7. The number of aliphatic hydroxyl groups is 1. The molecule has 1 aliphatic rings. The third kappa shape index (κ3) is 3.63. The van der Waals surface area contributed by atoms with Gasteiger partial charge in [0.2, 0.25) is 0 Å². The van der Waals surface area contributed by atoms with Crippen molar-refractivity contribution in [2.45, 2.75) is 38.8 Å². The van der Waals surface area contributed by atoms with Crippen molar-refractivity contribution in [3.05, 3.63) is 0 Å². The molecular formula is C10H21NO2. The first-order chi connectivity index (χ1) is 6.24. The summed E-state index contributed by atoms with van der Waals surface area (Å²) in [5.41, 5.74) is 0. The monoisotopic (exact) mass is 187 g/mol. The molecule has 1 saturated heterocycles. The minimum absolute atomic E-state index is 0.204. The second-order valence-corrected chi connectivity index (χ2v) is 3.88. The topological polar surface area (TPSA) is 41.5 Å². The molecule has 3 nitrogen and oxygen atoms in total. The first-order valence-electron chi connectivity index (χ1n) is 5.23. The number of hydrogen-bond acceptors (Lipinski definition) is 3. The van der Waals surface area contributed by atoms with E-state index in [-0.39, 0.29) is 6.10 Å². The zero-order valence-corrected chi connectivity index (χ0v) is 8.62. The summed E-state index contributed by atoms with van der Waals surface area (Å²) in [7, 11) is 0. The number of nitrogens with one attached hydrogen (secondary N) is 1. The molecule has 0 aromatic heterocycles. The molecular weight excluding hydrogens is 166 g/mol. The normalized spacial score (nSPS) is 27.5. The Balaban J connectivity index is 2.12. The average Bonchev–Trinajstić information content (AvgIpc) is 2.66. The fraction of sp³-hybridized carbons (Fsp3) is 1.00. The van der Waals surface area contributed by atoms with Crippen molar-refractivity contribution in [3.63, 3.8) is 0 Å². The van der Waals surface area contributed by atoms with E-state index in [1.54, 1.807) is 0 Å². The van der Waals surface area contributed by atoms with E-state index in [0.29, 0.717) is 18.5 Å². The van der Waals surface area contributed by atoms with Crippen LogP contribution in [0.5, 0.6) is 0 Å². The predicted octanol–water partition coefficient (Wildman–Crippen LogP) is 0.772. The van der Waals surface area contributed by atoms with E-state index in [0.717, 1.165) is 26.1 Å². The number of aliphatic hydroxyl groups excluding tert-OH is 1. The fourth-order valence-electron chi connectivity index (χ4n) is 1.58. The maximum absolute atomic E-state index is 9.36. The van der Waals surface area contributed by atoms with Gasteiger partial charge in [-0.2, -0.15) is 0 Å². The third-order valence-electron chi connectivity index (χ3n) is 2.82. The van der Waals surface area contributed by atoms with Gasteiger partial charge in [-0.1, -0.05) is 6.92 Å². The minimum atomic E-state index is -0.204. The molecule has 0 saturated carbocycles. The van der Waals surface area contributed by atoms with Crippen LogP contribution < -0.4 is 5.32 Å². The SMILES string of the molecule is CCC(O)CNC(C)C1CCOC1. The van der Waals surface area contributed by atoms with Gasteiger partial charge in [0.25, 0.3) is 0 Å². The van der Waals surface area contributed by atoms with Crippen molar-refractivity contribution >= 4 is 0 Å². The summed E-state index contributed by atoms with van der Waals surface area (Å²) in [6, 6.07) is 0.462. The van der Waals surface area contributed by atoms with Crippen LogP contribution in [0, 0.1) is 5.92 Å². The molecule has 1 heterocycles. The highest BCUT2D eigenvalue weighted by Crippen LogP contribution is 2.16. The summed E-state index contributed by atoms with van der Waals surface area (Å²) in [6.07, 6.45) is 1.77. The first kappa shape index (κ1) is 11.0. The van der Waals surface area contributed by atoms with E-state index < -0.39 is 0 Å². The second kappa shape index (κ2) is 5.58. The minimum Gasteiger partial charge on any atom is -0.392 e. The van der Waals surface area contributed by atoms with Crippen LogP contribution in [0.1, 0.15) is 26.7 Å². The highest BCUT2D eigenvalue weighted by Gasteiger charge is 2.21. The lowest BCUT2D eigenvalue weighted by Gasteiger charge is -2.20. The molecule has 0 bridgehead atoms. The Bertz CT molecular complexity index is 135. The third-order valence-corrected chi connectivity index (χ3v) is 2.82. The van der Waals surface area contributed by atoms with Gasteiger partial charge in [0.05, 0.1) is 12.7 Å². The first-order valence-corrected chi connectivity index (χ1v) is 5.23. The summed E-state index contributed by atoms with van der Waals surface area (Å²) in [5.74, 6) is 0.629. The fourth-order valence-corrected chi connectivity index (χ4v) is 1.58. The average molecular weight is 187 g/mol. The van der Waals surface area contributed by atoms with Crippen molar-refractivity contribution in [2.24, 2.45) is 5.92 Å². The van der Waals surface area contributed by atoms with Crippen molar-refractivity contribution < 1.29 is 9.84 Å². The molecule has 3 heteroatoms. The van der Waals surface area contributed by atoms with Crippen LogP contribution in [0.2, 0.25) is 0 Å². The lowest BCUT2D eigenvalue weighted by Crippen LogP contribution is -2.38. The molecule has 2 N–H and O–H groups in total. The van der Waals surface area contributed by atoms with E-state index >= 15 is 0 Å². The zero-order chi connectivity index (χ0) is 9.68. The van der Waals surface area contributed by atoms with Gasteiger partial charge in [-0.3, -0.25) is 0 Å². The van der Waals surface area contributed by atoms with Gasteiger partial charge in [0.1, 0.15) is 0 Å². The molecule has 13 heavy (non-hydrogen) atoms. The van der Waals surface area contributed by atoms with E-state index in [1.165, 1.54) is 0 Å². The van der Waals surface area contributed by atoms with Gasteiger partial charge in [-0.15, -0.1) is 0 Å². The molecule has 0 amide bonds. The largest absolute Gasteiger partial charge is 0.392 e. The molecule has 0 spiro atoms. The smallest absolute Gasteiger partial charge is 0.0662 e. The molecule has 3 atom stereocenters. The Hall–Kier alpha value is -0.120. The quantitative estimate of drug-likeness (QED) is 0.668. The lowest BCUT2D eigenvalue weighted by molar-refractivity contribution is 0.151. The van der Waals surface area contributed by atoms with Gasteiger partial charge >= 0.3 is 0 Å².